The molecule has 0 N–H and O–H groups in total. The summed E-state index contributed by atoms with van der Waals surface area (Å²) in [5, 5.41) is 0. The molecule has 2 heteroatoms. The number of rotatable bonds is 1. The Morgan fingerprint density at radius 3 is 2.31 bits per heavy atom. The minimum absolute atomic E-state index is 0. The number of hydrogen-bond donors (Lipinski definition) is 0. The Kier molecular flexibility index (Phi) is 3.23. The molecule has 0 aromatic heterocycles. The van der Waals surface area contributed by atoms with Crippen LogP contribution in [0.5, 0.6) is 0 Å². The molecule has 70 valence electrons. The molecule has 0 amide bonds. The van der Waals surface area contributed by atoms with E-state index in [2.05, 4.69) is 27.9 Å². The molecule has 0 radical (unpaired) electrons. The van der Waals surface area contributed by atoms with Gasteiger partial charge < -0.3 is 4.74 Å². The van der Waals surface area contributed by atoms with Crippen LogP contribution >= 0.6 is 0 Å². The summed E-state index contributed by atoms with van der Waals surface area (Å²) in [7, 11) is 3.56. The normalized spacial score (nSPS) is 46.2. The molecule has 3 aliphatic rings. The Labute approximate surface area is 93.8 Å². The van der Waals surface area contributed by atoms with Crippen LogP contribution in [0.25, 0.3) is 0 Å². The van der Waals surface area contributed by atoms with Gasteiger partial charge >= 0.3 is 18.9 Å². The maximum absolute atomic E-state index is 5.25. The molecule has 0 aromatic carbocycles. The Bertz CT molecular complexity index is 191. The molecule has 3 rings (SSSR count). The third-order valence-electron chi connectivity index (χ3n) is 4.50. The van der Waals surface area contributed by atoms with Crippen LogP contribution in [0.2, 0.25) is 0 Å². The van der Waals surface area contributed by atoms with Gasteiger partial charge in [-0.2, -0.15) is 0 Å². The van der Waals surface area contributed by atoms with Crippen LogP contribution in [-0.4, -0.2) is 6.10 Å². The van der Waals surface area contributed by atoms with Crippen LogP contribution in [0.15, 0.2) is 0 Å². The van der Waals surface area contributed by atoms with Crippen molar-refractivity contribution in [3.05, 3.63) is 7.11 Å². The Balaban J connectivity index is 0.000000845. The molecule has 0 aliphatic heterocycles. The fourth-order valence-corrected chi connectivity index (χ4v) is 3.32. The molecule has 0 saturated heterocycles. The van der Waals surface area contributed by atoms with Crippen molar-refractivity contribution in [2.45, 2.75) is 39.7 Å². The largest absolute Gasteiger partial charge is 1.00 e. The second-order valence-corrected chi connectivity index (χ2v) is 5.16. The number of fused-ring (bicyclic) bond motifs is 2. The first kappa shape index (κ1) is 11.6. The molecule has 0 unspecified atom stereocenters. The van der Waals surface area contributed by atoms with Crippen LogP contribution in [0.1, 0.15) is 33.6 Å². The third-order valence-corrected chi connectivity index (χ3v) is 4.50. The molecule has 3 fully saturated rings. The molecule has 1 nitrogen and oxygen atoms in total. The molecule has 13 heavy (non-hydrogen) atoms. The maximum Gasteiger partial charge on any atom is 1.00 e. The van der Waals surface area contributed by atoms with E-state index in [4.69, 9.17) is 4.74 Å². The van der Waals surface area contributed by atoms with Crippen LogP contribution < -0.4 is 18.9 Å². The zero-order valence-electron chi connectivity index (χ0n) is 9.34. The number of hydrogen-bond acceptors (Lipinski definition) is 1. The molecule has 0 spiro atoms. The molecule has 3 aliphatic carbocycles. The van der Waals surface area contributed by atoms with Gasteiger partial charge in [0.2, 0.25) is 0 Å². The molecule has 2 bridgehead atoms. The fraction of sp³-hybridized carbons (Fsp3) is 0.909. The number of ether oxygens (including phenoxy) is 1. The zero-order valence-corrected chi connectivity index (χ0v) is 9.34. The van der Waals surface area contributed by atoms with Crippen molar-refractivity contribution in [1.29, 1.82) is 0 Å². The van der Waals surface area contributed by atoms with Gasteiger partial charge in [-0.05, 0) is 36.0 Å². The average Bonchev–Trinajstić information content (AvgIpc) is 2.03. The standard InChI is InChI=1S/C11H19O.Li/c1-7-9-5-8(11(9,2)3)6-10(7)12-4;/h7-10H,4-6H2,1-3H3;/q-1;+1/t7-,8+,9+,10-;/m1./s1. The smallest absolute Gasteiger partial charge is 0.552 e. The van der Waals surface area contributed by atoms with E-state index in [9.17, 15) is 0 Å². The van der Waals surface area contributed by atoms with Crippen molar-refractivity contribution in [3.8, 4) is 0 Å². The molecule has 4 atom stereocenters. The topological polar surface area (TPSA) is 9.23 Å². The second kappa shape index (κ2) is 3.61. The van der Waals surface area contributed by atoms with Gasteiger partial charge in [0.15, 0.2) is 0 Å². The summed E-state index contributed by atoms with van der Waals surface area (Å²) in [6.07, 6.45) is 3.09. The van der Waals surface area contributed by atoms with Crippen LogP contribution in [0.4, 0.5) is 0 Å². The minimum Gasteiger partial charge on any atom is -0.552 e. The maximum atomic E-state index is 5.25. The molecule has 0 heterocycles. The van der Waals surface area contributed by atoms with Crippen molar-refractivity contribution in [2.75, 3.05) is 0 Å². The van der Waals surface area contributed by atoms with Crippen molar-refractivity contribution < 1.29 is 23.6 Å². The van der Waals surface area contributed by atoms with E-state index in [0.29, 0.717) is 17.4 Å². The van der Waals surface area contributed by atoms with Gasteiger partial charge in [0.05, 0.1) is 0 Å². The predicted molar refractivity (Wildman–Crippen MR) is 49.4 cm³/mol. The molecule has 0 aromatic rings. The quantitative estimate of drug-likeness (QED) is 0.397. The predicted octanol–water partition coefficient (Wildman–Crippen LogP) is -0.131. The average molecular weight is 174 g/mol. The van der Waals surface area contributed by atoms with Gasteiger partial charge in [0, 0.05) is 6.10 Å². The van der Waals surface area contributed by atoms with Crippen molar-refractivity contribution in [1.82, 2.24) is 0 Å². The van der Waals surface area contributed by atoms with E-state index in [1.54, 1.807) is 0 Å². The van der Waals surface area contributed by atoms with E-state index in [0.717, 1.165) is 11.8 Å². The fourth-order valence-electron chi connectivity index (χ4n) is 3.32. The summed E-state index contributed by atoms with van der Waals surface area (Å²) >= 11 is 0. The van der Waals surface area contributed by atoms with Gasteiger partial charge in [-0.25, -0.2) is 7.11 Å². The summed E-state index contributed by atoms with van der Waals surface area (Å²) in [5.41, 5.74) is 0.578. The summed E-state index contributed by atoms with van der Waals surface area (Å²) < 4.78 is 5.25. The van der Waals surface area contributed by atoms with Gasteiger partial charge in [0.25, 0.3) is 0 Å². The van der Waals surface area contributed by atoms with Crippen molar-refractivity contribution >= 4 is 0 Å². The minimum atomic E-state index is 0. The van der Waals surface area contributed by atoms with Gasteiger partial charge in [-0.1, -0.05) is 20.8 Å². The second-order valence-electron chi connectivity index (χ2n) is 5.16. The zero-order chi connectivity index (χ0) is 8.93. The van der Waals surface area contributed by atoms with Gasteiger partial charge in [-0.15, -0.1) is 0 Å². The molecular formula is C11H19LiO. The summed E-state index contributed by atoms with van der Waals surface area (Å²) in [6, 6.07) is 0. The summed E-state index contributed by atoms with van der Waals surface area (Å²) in [6.45, 7) is 7.13. The molecular weight excluding hydrogens is 155 g/mol. The first-order valence-electron chi connectivity index (χ1n) is 4.98. The van der Waals surface area contributed by atoms with E-state index in [-0.39, 0.29) is 18.9 Å². The van der Waals surface area contributed by atoms with Gasteiger partial charge in [-0.3, -0.25) is 0 Å². The van der Waals surface area contributed by atoms with E-state index < -0.39 is 0 Å². The van der Waals surface area contributed by atoms with Crippen molar-refractivity contribution in [2.24, 2.45) is 23.2 Å². The van der Waals surface area contributed by atoms with Crippen LogP contribution in [0, 0.1) is 30.3 Å². The van der Waals surface area contributed by atoms with E-state index in [1.165, 1.54) is 12.8 Å². The van der Waals surface area contributed by atoms with Crippen LogP contribution in [0.3, 0.4) is 0 Å². The Hall–Kier alpha value is 0.557. The first-order chi connectivity index (χ1) is 5.57. The SMILES string of the molecule is [CH2-]O[C@@H]1C[C@@H]2C[C@@H]([C@H]1C)C2(C)C.[Li+]. The molecule has 3 saturated carbocycles. The Morgan fingerprint density at radius 1 is 1.31 bits per heavy atom. The summed E-state index contributed by atoms with van der Waals surface area (Å²) in [5.74, 6) is 2.48. The van der Waals surface area contributed by atoms with Crippen molar-refractivity contribution in [3.63, 3.8) is 0 Å². The van der Waals surface area contributed by atoms with E-state index in [1.807, 2.05) is 0 Å². The monoisotopic (exact) mass is 174 g/mol. The van der Waals surface area contributed by atoms with E-state index >= 15 is 0 Å². The first-order valence-corrected chi connectivity index (χ1v) is 4.98. The third kappa shape index (κ3) is 1.50. The Morgan fingerprint density at radius 2 is 1.92 bits per heavy atom. The summed E-state index contributed by atoms with van der Waals surface area (Å²) in [4.78, 5) is 0. The van der Waals surface area contributed by atoms with Gasteiger partial charge in [0.1, 0.15) is 0 Å². The van der Waals surface area contributed by atoms with Crippen LogP contribution in [-0.2, 0) is 4.74 Å².